The predicted octanol–water partition coefficient (Wildman–Crippen LogP) is 5.62. The van der Waals surface area contributed by atoms with Crippen LogP contribution in [0.25, 0.3) is 0 Å². The number of hydrogen-bond donors (Lipinski definition) is 1. The molecule has 0 aliphatic heterocycles. The van der Waals surface area contributed by atoms with Gasteiger partial charge in [-0.2, -0.15) is 0 Å². The zero-order chi connectivity index (χ0) is 32.1. The zero-order valence-corrected chi connectivity index (χ0v) is 26.7. The Balaban J connectivity index is 2.22. The third-order valence-electron chi connectivity index (χ3n) is 6.68. The molecule has 0 spiro atoms. The molecule has 0 heterocycles. The van der Waals surface area contributed by atoms with Gasteiger partial charge in [-0.3, -0.25) is 24.0 Å². The topological polar surface area (TPSA) is 139 Å². The summed E-state index contributed by atoms with van der Waals surface area (Å²) in [4.78, 5) is 38.7. The van der Waals surface area contributed by atoms with Crippen LogP contribution in [0, 0.1) is 17.0 Å². The van der Waals surface area contributed by atoms with E-state index in [1.807, 2.05) is 0 Å². The van der Waals surface area contributed by atoms with Crippen LogP contribution in [0.4, 0.5) is 11.4 Å². The Bertz CT molecular complexity index is 1630. The first kappa shape index (κ1) is 33.9. The number of hydrogen-bond acceptors (Lipinski definition) is 7. The van der Waals surface area contributed by atoms with Crippen LogP contribution in [0.1, 0.15) is 24.5 Å². The van der Waals surface area contributed by atoms with Gasteiger partial charge in [0, 0.05) is 45.9 Å². The summed E-state index contributed by atoms with van der Waals surface area (Å²) in [6.07, 6.45) is 0.172. The fraction of sp³-hybridized carbons (Fsp3) is 0.286. The van der Waals surface area contributed by atoms with Gasteiger partial charge in [0.2, 0.25) is 11.8 Å². The largest absolute Gasteiger partial charge is 0.495 e. The Morgan fingerprint density at radius 3 is 2.28 bits per heavy atom. The maximum atomic E-state index is 14.2. The second kappa shape index (κ2) is 14.3. The standard InChI is InChI=1S/C28H29Cl3N4O7S/c1-5-23(28(37)32-3)33(15-20-21(30)7-6-8-22(20)31)27(36)16-34(25-13-18(29)10-12-26(25)42-4)43(40,41)19-11-9-17(2)24(14-19)35(38)39/h6-14,23H,5,15-16H2,1-4H3,(H,32,37)/t23-/m0/s1. The van der Waals surface area contributed by atoms with Crippen molar-refractivity contribution >= 4 is 68.0 Å². The highest BCUT2D eigenvalue weighted by Gasteiger charge is 2.36. The van der Waals surface area contributed by atoms with Crippen molar-refractivity contribution in [1.82, 2.24) is 10.2 Å². The monoisotopic (exact) mass is 670 g/mol. The number of sulfonamides is 1. The summed E-state index contributed by atoms with van der Waals surface area (Å²) in [5.41, 5.74) is 0.0675. The number of nitrogens with zero attached hydrogens (tertiary/aromatic N) is 3. The van der Waals surface area contributed by atoms with E-state index < -0.39 is 49.9 Å². The van der Waals surface area contributed by atoms with Gasteiger partial charge in [0.25, 0.3) is 15.7 Å². The summed E-state index contributed by atoms with van der Waals surface area (Å²) in [5, 5.41) is 14.8. The summed E-state index contributed by atoms with van der Waals surface area (Å²) in [6.45, 7) is 2.10. The molecule has 1 N–H and O–H groups in total. The minimum absolute atomic E-state index is 0.0569. The third-order valence-corrected chi connectivity index (χ3v) is 9.38. The molecule has 43 heavy (non-hydrogen) atoms. The fourth-order valence-electron chi connectivity index (χ4n) is 4.38. The lowest BCUT2D eigenvalue weighted by atomic mass is 10.1. The summed E-state index contributed by atoms with van der Waals surface area (Å²) in [5.74, 6) is -1.23. The molecule has 0 aromatic heterocycles. The number of rotatable bonds is 12. The van der Waals surface area contributed by atoms with Gasteiger partial charge in [-0.15, -0.1) is 0 Å². The molecule has 0 aliphatic carbocycles. The van der Waals surface area contributed by atoms with Gasteiger partial charge in [-0.25, -0.2) is 8.42 Å². The van der Waals surface area contributed by atoms with Crippen molar-refractivity contribution in [3.63, 3.8) is 0 Å². The molecular formula is C28H29Cl3N4O7S. The molecule has 0 saturated carbocycles. The van der Waals surface area contributed by atoms with Crippen LogP contribution in [-0.4, -0.2) is 56.8 Å². The molecule has 0 saturated heterocycles. The van der Waals surface area contributed by atoms with E-state index in [2.05, 4.69) is 5.32 Å². The average Bonchev–Trinajstić information content (AvgIpc) is 2.96. The quantitative estimate of drug-likeness (QED) is 0.195. The minimum Gasteiger partial charge on any atom is -0.495 e. The Morgan fingerprint density at radius 1 is 1.07 bits per heavy atom. The van der Waals surface area contributed by atoms with Crippen molar-refractivity contribution in [1.29, 1.82) is 0 Å². The van der Waals surface area contributed by atoms with Crippen molar-refractivity contribution < 1.29 is 27.7 Å². The number of methoxy groups -OCH3 is 1. The first-order valence-electron chi connectivity index (χ1n) is 12.8. The van der Waals surface area contributed by atoms with Crippen LogP contribution in [0.3, 0.4) is 0 Å². The molecule has 3 rings (SSSR count). The number of nitro groups is 1. The van der Waals surface area contributed by atoms with Gasteiger partial charge in [-0.05, 0) is 49.7 Å². The van der Waals surface area contributed by atoms with E-state index in [9.17, 15) is 28.1 Å². The first-order valence-corrected chi connectivity index (χ1v) is 15.4. The van der Waals surface area contributed by atoms with Crippen LogP contribution in [0.15, 0.2) is 59.5 Å². The second-order valence-electron chi connectivity index (χ2n) is 9.29. The van der Waals surface area contributed by atoms with Gasteiger partial charge in [0.15, 0.2) is 0 Å². The number of anilines is 1. The van der Waals surface area contributed by atoms with Crippen LogP contribution in [0.2, 0.25) is 15.1 Å². The number of carbonyl (C=O) groups is 2. The van der Waals surface area contributed by atoms with Crippen LogP contribution in [0.5, 0.6) is 5.75 Å². The van der Waals surface area contributed by atoms with E-state index in [1.54, 1.807) is 25.1 Å². The van der Waals surface area contributed by atoms with Crippen LogP contribution >= 0.6 is 34.8 Å². The van der Waals surface area contributed by atoms with Gasteiger partial charge < -0.3 is 15.0 Å². The smallest absolute Gasteiger partial charge is 0.273 e. The highest BCUT2D eigenvalue weighted by atomic mass is 35.5. The van der Waals surface area contributed by atoms with Crippen molar-refractivity contribution in [3.05, 3.63) is 90.9 Å². The maximum absolute atomic E-state index is 14.2. The van der Waals surface area contributed by atoms with Crippen LogP contribution < -0.4 is 14.4 Å². The molecule has 0 bridgehead atoms. The molecule has 0 unspecified atom stereocenters. The van der Waals surface area contributed by atoms with E-state index in [0.29, 0.717) is 5.56 Å². The lowest BCUT2D eigenvalue weighted by molar-refractivity contribution is -0.385. The highest BCUT2D eigenvalue weighted by molar-refractivity contribution is 7.92. The van der Waals surface area contributed by atoms with E-state index in [0.717, 1.165) is 10.4 Å². The number of ether oxygens (including phenoxy) is 1. The number of amides is 2. The lowest BCUT2D eigenvalue weighted by Gasteiger charge is -2.33. The molecular weight excluding hydrogens is 643 g/mol. The van der Waals surface area contributed by atoms with E-state index in [-0.39, 0.29) is 45.0 Å². The molecule has 2 amide bonds. The Hall–Kier alpha value is -3.58. The normalized spacial score (nSPS) is 11.9. The molecule has 1 atom stereocenters. The van der Waals surface area contributed by atoms with Crippen molar-refractivity contribution in [3.8, 4) is 5.75 Å². The Kier molecular flexibility index (Phi) is 11.2. The van der Waals surface area contributed by atoms with Crippen molar-refractivity contribution in [2.24, 2.45) is 0 Å². The first-order chi connectivity index (χ1) is 20.3. The highest BCUT2D eigenvalue weighted by Crippen LogP contribution is 2.36. The Morgan fingerprint density at radius 2 is 1.72 bits per heavy atom. The minimum atomic E-state index is -4.66. The van der Waals surface area contributed by atoms with Crippen molar-refractivity contribution in [2.75, 3.05) is 25.0 Å². The van der Waals surface area contributed by atoms with Crippen molar-refractivity contribution in [2.45, 2.75) is 37.8 Å². The van der Waals surface area contributed by atoms with E-state index >= 15 is 0 Å². The summed E-state index contributed by atoms with van der Waals surface area (Å²) in [6, 6.07) is 11.3. The lowest BCUT2D eigenvalue weighted by Crippen LogP contribution is -2.51. The molecule has 0 radical (unpaired) electrons. The number of benzene rings is 3. The number of aryl methyl sites for hydroxylation is 1. The van der Waals surface area contributed by atoms with Gasteiger partial charge in [0.1, 0.15) is 18.3 Å². The van der Waals surface area contributed by atoms with E-state index in [1.165, 1.54) is 56.3 Å². The number of nitrogens with one attached hydrogen (secondary N) is 1. The molecule has 230 valence electrons. The summed E-state index contributed by atoms with van der Waals surface area (Å²) in [7, 11) is -1.95. The van der Waals surface area contributed by atoms with E-state index in [4.69, 9.17) is 39.5 Å². The summed E-state index contributed by atoms with van der Waals surface area (Å²) < 4.78 is 34.5. The number of halogens is 3. The van der Waals surface area contributed by atoms with Gasteiger partial charge >= 0.3 is 0 Å². The number of carbonyl (C=O) groups excluding carboxylic acids is 2. The second-order valence-corrected chi connectivity index (χ2v) is 12.4. The molecule has 11 nitrogen and oxygen atoms in total. The molecule has 3 aromatic carbocycles. The predicted molar refractivity (Wildman–Crippen MR) is 166 cm³/mol. The Labute approximate surface area is 264 Å². The number of nitro benzene ring substituents is 1. The summed E-state index contributed by atoms with van der Waals surface area (Å²) >= 11 is 19.0. The van der Waals surface area contributed by atoms with Gasteiger partial charge in [-0.1, -0.05) is 53.9 Å². The SMILES string of the molecule is CC[C@@H](C(=O)NC)N(Cc1c(Cl)cccc1Cl)C(=O)CN(c1cc(Cl)ccc1OC)S(=O)(=O)c1ccc(C)c([N+](=O)[O-])c1. The fourth-order valence-corrected chi connectivity index (χ4v) is 6.51. The van der Waals surface area contributed by atoms with Crippen LogP contribution in [-0.2, 0) is 26.2 Å². The molecule has 0 aliphatic rings. The molecule has 3 aromatic rings. The molecule has 0 fully saturated rings. The molecule has 15 heteroatoms. The average molecular weight is 672 g/mol. The third kappa shape index (κ3) is 7.50. The maximum Gasteiger partial charge on any atom is 0.273 e. The zero-order valence-electron chi connectivity index (χ0n) is 23.6. The number of likely N-dealkylation sites (N-methyl/N-ethyl adjacent to an activating group) is 1. The van der Waals surface area contributed by atoms with Gasteiger partial charge in [0.05, 0.1) is 22.6 Å².